The molecule has 29 heavy (non-hydrogen) atoms. The first kappa shape index (κ1) is 18.4. The number of amides is 2. The van der Waals surface area contributed by atoms with E-state index in [1.807, 2.05) is 30.3 Å². The zero-order valence-corrected chi connectivity index (χ0v) is 15.6. The molecule has 0 aliphatic heterocycles. The van der Waals surface area contributed by atoms with Crippen LogP contribution in [0.3, 0.4) is 0 Å². The first-order valence-electron chi connectivity index (χ1n) is 9.23. The van der Waals surface area contributed by atoms with Crippen LogP contribution in [0.15, 0.2) is 83.6 Å². The molecule has 0 spiro atoms. The van der Waals surface area contributed by atoms with Gasteiger partial charge in [-0.15, -0.1) is 0 Å². The summed E-state index contributed by atoms with van der Waals surface area (Å²) in [7, 11) is 0. The van der Waals surface area contributed by atoms with E-state index < -0.39 is 0 Å². The zero-order valence-electron chi connectivity index (χ0n) is 15.6. The third-order valence-electron chi connectivity index (χ3n) is 4.52. The van der Waals surface area contributed by atoms with Crippen LogP contribution in [0.2, 0.25) is 0 Å². The number of nitrogens with one attached hydrogen (secondary N) is 2. The van der Waals surface area contributed by atoms with Crippen LogP contribution < -0.4 is 10.6 Å². The van der Waals surface area contributed by atoms with Crippen LogP contribution in [0.1, 0.15) is 21.7 Å². The molecule has 0 saturated carbocycles. The molecule has 0 radical (unpaired) electrons. The highest BCUT2D eigenvalue weighted by atomic mass is 16.3. The minimum absolute atomic E-state index is 0.163. The fourth-order valence-electron chi connectivity index (χ4n) is 3.14. The SMILES string of the molecule is O=C(Cc1cccc2cccnc12)Nc1ccccc1C(=O)NCc1ccco1. The molecule has 4 rings (SSSR count). The third kappa shape index (κ3) is 4.32. The number of hydrogen-bond acceptors (Lipinski definition) is 4. The summed E-state index contributed by atoms with van der Waals surface area (Å²) in [5.41, 5.74) is 2.49. The van der Waals surface area contributed by atoms with Crippen LogP contribution in [-0.2, 0) is 17.8 Å². The second-order valence-corrected chi connectivity index (χ2v) is 6.52. The number of carbonyl (C=O) groups is 2. The standard InChI is InChI=1S/C23H19N3O3/c27-21(14-17-7-3-6-16-8-4-12-24-22(16)17)26-20-11-2-1-10-19(20)23(28)25-15-18-9-5-13-29-18/h1-13H,14-15H2,(H,25,28)(H,26,27). The van der Waals surface area contributed by atoms with Gasteiger partial charge in [0.15, 0.2) is 0 Å². The highest BCUT2D eigenvalue weighted by molar-refractivity contribution is 6.04. The summed E-state index contributed by atoms with van der Waals surface area (Å²) in [6.07, 6.45) is 3.43. The van der Waals surface area contributed by atoms with Gasteiger partial charge >= 0.3 is 0 Å². The number of hydrogen-bond donors (Lipinski definition) is 2. The fourth-order valence-corrected chi connectivity index (χ4v) is 3.14. The molecule has 0 atom stereocenters. The maximum absolute atomic E-state index is 12.7. The van der Waals surface area contributed by atoms with E-state index in [1.54, 1.807) is 48.9 Å². The maximum atomic E-state index is 12.7. The quantitative estimate of drug-likeness (QED) is 0.527. The summed E-state index contributed by atoms with van der Waals surface area (Å²) in [4.78, 5) is 29.6. The van der Waals surface area contributed by atoms with Gasteiger partial charge in [0.05, 0.1) is 36.0 Å². The van der Waals surface area contributed by atoms with Crippen LogP contribution in [0, 0.1) is 0 Å². The van der Waals surface area contributed by atoms with E-state index in [2.05, 4.69) is 15.6 Å². The molecule has 2 amide bonds. The summed E-state index contributed by atoms with van der Waals surface area (Å²) in [6.45, 7) is 0.274. The lowest BCUT2D eigenvalue weighted by molar-refractivity contribution is -0.115. The Labute approximate surface area is 167 Å². The molecule has 4 aromatic rings. The van der Waals surface area contributed by atoms with Crippen LogP contribution >= 0.6 is 0 Å². The van der Waals surface area contributed by atoms with Crippen molar-refractivity contribution in [3.63, 3.8) is 0 Å². The second kappa shape index (κ2) is 8.39. The second-order valence-electron chi connectivity index (χ2n) is 6.52. The molecular weight excluding hydrogens is 366 g/mol. The van der Waals surface area contributed by atoms with Gasteiger partial charge in [-0.1, -0.05) is 36.4 Å². The van der Waals surface area contributed by atoms with Gasteiger partial charge in [0.1, 0.15) is 5.76 Å². The molecule has 6 nitrogen and oxygen atoms in total. The molecule has 2 aromatic heterocycles. The van der Waals surface area contributed by atoms with Crippen molar-refractivity contribution >= 4 is 28.4 Å². The summed E-state index contributed by atoms with van der Waals surface area (Å²) in [5.74, 6) is 0.155. The molecule has 2 heterocycles. The predicted molar refractivity (Wildman–Crippen MR) is 110 cm³/mol. The van der Waals surface area contributed by atoms with E-state index >= 15 is 0 Å². The van der Waals surface area contributed by atoms with Crippen molar-refractivity contribution < 1.29 is 14.0 Å². The van der Waals surface area contributed by atoms with Gasteiger partial charge in [-0.25, -0.2) is 0 Å². The Bertz CT molecular complexity index is 1150. The predicted octanol–water partition coefficient (Wildman–Crippen LogP) is 3.94. The van der Waals surface area contributed by atoms with Gasteiger partial charge < -0.3 is 15.1 Å². The van der Waals surface area contributed by atoms with E-state index in [-0.39, 0.29) is 24.8 Å². The first-order valence-corrected chi connectivity index (χ1v) is 9.23. The number of carbonyl (C=O) groups excluding carboxylic acids is 2. The van der Waals surface area contributed by atoms with Gasteiger partial charge in [0.2, 0.25) is 5.91 Å². The van der Waals surface area contributed by atoms with Crippen LogP contribution in [0.4, 0.5) is 5.69 Å². The van der Waals surface area contributed by atoms with E-state index in [4.69, 9.17) is 4.42 Å². The lowest BCUT2D eigenvalue weighted by Gasteiger charge is -2.12. The van der Waals surface area contributed by atoms with E-state index in [9.17, 15) is 9.59 Å². The van der Waals surface area contributed by atoms with Gasteiger partial charge in [-0.2, -0.15) is 0 Å². The molecule has 0 unspecified atom stereocenters. The lowest BCUT2D eigenvalue weighted by atomic mass is 10.1. The zero-order chi connectivity index (χ0) is 20.1. The third-order valence-corrected chi connectivity index (χ3v) is 4.52. The van der Waals surface area contributed by atoms with Gasteiger partial charge in [0.25, 0.3) is 5.91 Å². The molecule has 0 bridgehead atoms. The van der Waals surface area contributed by atoms with Crippen molar-refractivity contribution in [1.82, 2.24) is 10.3 Å². The summed E-state index contributed by atoms with van der Waals surface area (Å²) < 4.78 is 5.23. The van der Waals surface area contributed by atoms with Crippen molar-refractivity contribution in [2.45, 2.75) is 13.0 Å². The summed E-state index contributed by atoms with van der Waals surface area (Å²) >= 11 is 0. The van der Waals surface area contributed by atoms with Gasteiger partial charge in [-0.3, -0.25) is 14.6 Å². The number of rotatable bonds is 6. The lowest BCUT2D eigenvalue weighted by Crippen LogP contribution is -2.25. The molecular formula is C23H19N3O3. The average Bonchev–Trinajstić information content (AvgIpc) is 3.26. The van der Waals surface area contributed by atoms with Crippen molar-refractivity contribution in [2.75, 3.05) is 5.32 Å². The summed E-state index contributed by atoms with van der Waals surface area (Å²) in [6, 6.07) is 20.0. The Morgan fingerprint density at radius 2 is 1.79 bits per heavy atom. The van der Waals surface area contributed by atoms with Crippen molar-refractivity contribution in [2.24, 2.45) is 0 Å². The monoisotopic (exact) mass is 385 g/mol. The number of anilines is 1. The Morgan fingerprint density at radius 1 is 0.931 bits per heavy atom. The minimum atomic E-state index is -0.288. The number of furan rings is 1. The van der Waals surface area contributed by atoms with E-state index in [1.165, 1.54) is 0 Å². The van der Waals surface area contributed by atoms with Crippen LogP contribution in [-0.4, -0.2) is 16.8 Å². The Balaban J connectivity index is 1.47. The topological polar surface area (TPSA) is 84.2 Å². The number of benzene rings is 2. The normalized spacial score (nSPS) is 10.6. The smallest absolute Gasteiger partial charge is 0.253 e. The van der Waals surface area contributed by atoms with E-state index in [0.29, 0.717) is 17.0 Å². The van der Waals surface area contributed by atoms with E-state index in [0.717, 1.165) is 16.5 Å². The molecule has 0 fully saturated rings. The number of aromatic nitrogens is 1. The van der Waals surface area contributed by atoms with Crippen molar-refractivity contribution in [3.8, 4) is 0 Å². The van der Waals surface area contributed by atoms with Gasteiger partial charge in [0, 0.05) is 11.6 Å². The molecule has 0 saturated heterocycles. The molecule has 0 aliphatic rings. The Kier molecular flexibility index (Phi) is 5.33. The van der Waals surface area contributed by atoms with Crippen molar-refractivity contribution in [1.29, 1.82) is 0 Å². The Morgan fingerprint density at radius 3 is 2.66 bits per heavy atom. The Hall–Kier alpha value is -3.93. The summed E-state index contributed by atoms with van der Waals surface area (Å²) in [5, 5.41) is 6.62. The van der Waals surface area contributed by atoms with Crippen LogP contribution in [0.5, 0.6) is 0 Å². The average molecular weight is 385 g/mol. The largest absolute Gasteiger partial charge is 0.467 e. The first-order chi connectivity index (χ1) is 14.2. The fraction of sp³-hybridized carbons (Fsp3) is 0.0870. The molecule has 6 heteroatoms. The van der Waals surface area contributed by atoms with Crippen LogP contribution in [0.25, 0.3) is 10.9 Å². The van der Waals surface area contributed by atoms with Crippen molar-refractivity contribution in [3.05, 3.63) is 96.1 Å². The molecule has 0 aliphatic carbocycles. The highest BCUT2D eigenvalue weighted by Crippen LogP contribution is 2.19. The minimum Gasteiger partial charge on any atom is -0.467 e. The highest BCUT2D eigenvalue weighted by Gasteiger charge is 2.14. The molecule has 2 aromatic carbocycles. The number of pyridine rings is 1. The number of para-hydroxylation sites is 2. The number of nitrogens with zero attached hydrogens (tertiary/aromatic N) is 1. The molecule has 2 N–H and O–H groups in total. The van der Waals surface area contributed by atoms with Gasteiger partial charge in [-0.05, 0) is 35.9 Å². The number of fused-ring (bicyclic) bond motifs is 1. The maximum Gasteiger partial charge on any atom is 0.253 e. The molecule has 144 valence electrons.